The fraction of sp³-hybridized carbons (Fsp3) is 0.346. The van der Waals surface area contributed by atoms with Crippen molar-refractivity contribution >= 4 is 63.4 Å². The normalized spacial score (nSPS) is 14.2. The van der Waals surface area contributed by atoms with Crippen LogP contribution in [0.1, 0.15) is 35.7 Å². The number of amides is 1. The molecule has 3 aromatic rings. The summed E-state index contributed by atoms with van der Waals surface area (Å²) in [5.74, 6) is 0.331. The first kappa shape index (κ1) is 25.5. The second-order valence-corrected chi connectivity index (χ2v) is 9.60. The maximum atomic E-state index is 13.0. The van der Waals surface area contributed by atoms with Crippen LogP contribution in [0, 0.1) is 5.92 Å². The zero-order valence-corrected chi connectivity index (χ0v) is 21.6. The number of nitrogens with one attached hydrogen (secondary N) is 1. The van der Waals surface area contributed by atoms with Gasteiger partial charge in [-0.2, -0.15) is 0 Å². The summed E-state index contributed by atoms with van der Waals surface area (Å²) >= 11 is 18.9. The number of carbonyl (C=O) groups excluding carboxylic acids is 2. The van der Waals surface area contributed by atoms with Gasteiger partial charge in [-0.3, -0.25) is 9.59 Å². The molecule has 184 valence electrons. The van der Waals surface area contributed by atoms with Crippen molar-refractivity contribution < 1.29 is 14.3 Å². The molecule has 1 fully saturated rings. The maximum Gasteiger partial charge on any atom is 0.309 e. The molecule has 1 saturated heterocycles. The van der Waals surface area contributed by atoms with Crippen molar-refractivity contribution in [3.63, 3.8) is 0 Å². The highest BCUT2D eigenvalue weighted by Crippen LogP contribution is 2.29. The van der Waals surface area contributed by atoms with Crippen molar-refractivity contribution in [1.82, 2.24) is 10.3 Å². The van der Waals surface area contributed by atoms with Gasteiger partial charge < -0.3 is 15.0 Å². The molecule has 35 heavy (non-hydrogen) atoms. The molecule has 1 amide bonds. The van der Waals surface area contributed by atoms with Crippen molar-refractivity contribution in [2.24, 2.45) is 5.92 Å². The largest absolute Gasteiger partial charge is 0.466 e. The number of hydrogen-bond donors (Lipinski definition) is 1. The fourth-order valence-corrected chi connectivity index (χ4v) is 5.18. The molecule has 0 aliphatic carbocycles. The third-order valence-electron chi connectivity index (χ3n) is 6.19. The van der Waals surface area contributed by atoms with E-state index in [-0.39, 0.29) is 17.8 Å². The molecule has 4 rings (SSSR count). The molecule has 0 unspecified atom stereocenters. The lowest BCUT2D eigenvalue weighted by Crippen LogP contribution is -2.37. The van der Waals surface area contributed by atoms with Gasteiger partial charge in [0, 0.05) is 35.1 Å². The van der Waals surface area contributed by atoms with Crippen molar-refractivity contribution in [2.45, 2.75) is 26.2 Å². The number of carbonyl (C=O) groups is 2. The van der Waals surface area contributed by atoms with Crippen LogP contribution in [-0.4, -0.2) is 43.1 Å². The number of pyridine rings is 1. The van der Waals surface area contributed by atoms with Crippen LogP contribution in [-0.2, 0) is 16.0 Å². The second kappa shape index (κ2) is 11.5. The van der Waals surface area contributed by atoms with E-state index in [1.807, 2.05) is 25.1 Å². The highest BCUT2D eigenvalue weighted by atomic mass is 35.5. The zero-order valence-electron chi connectivity index (χ0n) is 19.3. The molecule has 1 N–H and O–H groups in total. The fourth-order valence-electron chi connectivity index (χ4n) is 4.34. The van der Waals surface area contributed by atoms with Crippen LogP contribution in [0.2, 0.25) is 15.1 Å². The molecule has 2 heterocycles. The van der Waals surface area contributed by atoms with Gasteiger partial charge in [0.15, 0.2) is 0 Å². The van der Waals surface area contributed by atoms with Gasteiger partial charge in [-0.25, -0.2) is 4.98 Å². The van der Waals surface area contributed by atoms with Crippen molar-refractivity contribution in [3.05, 3.63) is 68.7 Å². The number of hydrogen-bond acceptors (Lipinski definition) is 5. The van der Waals surface area contributed by atoms with Gasteiger partial charge in [-0.15, -0.1) is 0 Å². The lowest BCUT2D eigenvalue weighted by molar-refractivity contribution is -0.148. The summed E-state index contributed by atoms with van der Waals surface area (Å²) in [6, 6.07) is 12.6. The lowest BCUT2D eigenvalue weighted by atomic mass is 9.97. The third-order valence-corrected chi connectivity index (χ3v) is 7.22. The Morgan fingerprint density at radius 3 is 2.43 bits per heavy atom. The number of benzene rings is 2. The average molecular weight is 535 g/mol. The van der Waals surface area contributed by atoms with E-state index in [0.29, 0.717) is 64.2 Å². The van der Waals surface area contributed by atoms with E-state index in [1.54, 1.807) is 24.3 Å². The monoisotopic (exact) mass is 533 g/mol. The van der Waals surface area contributed by atoms with Gasteiger partial charge in [0.1, 0.15) is 5.82 Å². The van der Waals surface area contributed by atoms with Crippen LogP contribution in [0.15, 0.2) is 42.5 Å². The van der Waals surface area contributed by atoms with Gasteiger partial charge in [0.2, 0.25) is 0 Å². The molecule has 0 spiro atoms. The highest BCUT2D eigenvalue weighted by molar-refractivity contribution is 6.36. The Morgan fingerprint density at radius 1 is 1.03 bits per heavy atom. The Hall–Kier alpha value is -2.54. The highest BCUT2D eigenvalue weighted by Gasteiger charge is 2.27. The lowest BCUT2D eigenvalue weighted by Gasteiger charge is -2.31. The number of fused-ring (bicyclic) bond motifs is 1. The predicted molar refractivity (Wildman–Crippen MR) is 141 cm³/mol. The Labute approximate surface area is 219 Å². The van der Waals surface area contributed by atoms with E-state index in [1.165, 1.54) is 0 Å². The quantitative estimate of drug-likeness (QED) is 0.380. The van der Waals surface area contributed by atoms with Crippen LogP contribution in [0.5, 0.6) is 0 Å². The van der Waals surface area contributed by atoms with Gasteiger partial charge in [0.25, 0.3) is 5.91 Å². The molecular weight excluding hydrogens is 509 g/mol. The van der Waals surface area contributed by atoms with Gasteiger partial charge in [-0.05, 0) is 68.1 Å². The molecule has 0 radical (unpaired) electrons. The first-order chi connectivity index (χ1) is 16.9. The number of aromatic nitrogens is 1. The number of esters is 1. The minimum Gasteiger partial charge on any atom is -0.466 e. The van der Waals surface area contributed by atoms with Crippen LogP contribution < -0.4 is 10.2 Å². The van der Waals surface area contributed by atoms with Crippen molar-refractivity contribution in [3.8, 4) is 0 Å². The van der Waals surface area contributed by atoms with E-state index in [4.69, 9.17) is 44.5 Å². The second-order valence-electron chi connectivity index (χ2n) is 8.38. The molecule has 2 aromatic carbocycles. The molecular formula is C26H26Cl3N3O3. The Bertz CT molecular complexity index is 1220. The summed E-state index contributed by atoms with van der Waals surface area (Å²) in [4.78, 5) is 32.0. The molecule has 0 saturated carbocycles. The van der Waals surface area contributed by atoms with Gasteiger partial charge >= 0.3 is 5.97 Å². The first-order valence-electron chi connectivity index (χ1n) is 11.6. The van der Waals surface area contributed by atoms with Crippen LogP contribution >= 0.6 is 34.8 Å². The van der Waals surface area contributed by atoms with Gasteiger partial charge in [-0.1, -0.05) is 40.9 Å². The number of rotatable bonds is 7. The summed E-state index contributed by atoms with van der Waals surface area (Å²) in [5, 5.41) is 5.08. The minimum atomic E-state index is -0.284. The Balaban J connectivity index is 1.46. The predicted octanol–water partition coefficient (Wildman–Crippen LogP) is 5.95. The summed E-state index contributed by atoms with van der Waals surface area (Å²) in [6.07, 6.45) is 1.95. The van der Waals surface area contributed by atoms with Crippen LogP contribution in [0.25, 0.3) is 10.9 Å². The van der Waals surface area contributed by atoms with E-state index in [0.717, 1.165) is 24.2 Å². The molecule has 0 atom stereocenters. The SMILES string of the molecule is CCOC(=O)C1CCN(c2ccc3c(C(=O)NCCc4c(Cl)cccc4Cl)c(Cl)ccc3n2)CC1. The maximum absolute atomic E-state index is 13.0. The van der Waals surface area contributed by atoms with Crippen LogP contribution in [0.3, 0.4) is 0 Å². The van der Waals surface area contributed by atoms with Gasteiger partial charge in [0.05, 0.1) is 28.6 Å². The topological polar surface area (TPSA) is 71.5 Å². The summed E-state index contributed by atoms with van der Waals surface area (Å²) in [5.41, 5.74) is 1.85. The Kier molecular flexibility index (Phi) is 8.37. The molecule has 1 aromatic heterocycles. The summed E-state index contributed by atoms with van der Waals surface area (Å²) in [7, 11) is 0. The molecule has 1 aliphatic rings. The number of anilines is 1. The van der Waals surface area contributed by atoms with Crippen molar-refractivity contribution in [1.29, 1.82) is 0 Å². The van der Waals surface area contributed by atoms with E-state index >= 15 is 0 Å². The first-order valence-corrected chi connectivity index (χ1v) is 12.7. The molecule has 1 aliphatic heterocycles. The number of nitrogens with zero attached hydrogens (tertiary/aromatic N) is 2. The Morgan fingerprint density at radius 2 is 1.74 bits per heavy atom. The average Bonchev–Trinajstić information content (AvgIpc) is 2.85. The van der Waals surface area contributed by atoms with E-state index in [2.05, 4.69) is 10.2 Å². The van der Waals surface area contributed by atoms with E-state index in [9.17, 15) is 9.59 Å². The van der Waals surface area contributed by atoms with Crippen LogP contribution in [0.4, 0.5) is 5.82 Å². The smallest absolute Gasteiger partial charge is 0.309 e. The number of ether oxygens (including phenoxy) is 1. The molecule has 0 bridgehead atoms. The zero-order chi connectivity index (χ0) is 24.9. The van der Waals surface area contributed by atoms with Crippen molar-refractivity contribution in [2.75, 3.05) is 31.1 Å². The number of piperidine rings is 1. The molecule has 9 heteroatoms. The van der Waals surface area contributed by atoms with E-state index < -0.39 is 0 Å². The number of halogens is 3. The summed E-state index contributed by atoms with van der Waals surface area (Å²) in [6.45, 7) is 4.01. The minimum absolute atomic E-state index is 0.0681. The molecule has 6 nitrogen and oxygen atoms in total. The summed E-state index contributed by atoms with van der Waals surface area (Å²) < 4.78 is 5.15. The standard InChI is InChI=1S/C26H26Cl3N3O3/c1-2-35-26(34)16-11-14-32(15-12-16)23-9-6-18-22(31-23)8-7-21(29)24(18)25(33)30-13-10-17-19(27)4-3-5-20(17)28/h3-9,16H,2,10-15H2,1H3,(H,30,33). The third kappa shape index (κ3) is 5.83.